The monoisotopic (exact) mass is 364 g/mol. The van der Waals surface area contributed by atoms with E-state index in [1.165, 1.54) is 0 Å². The van der Waals surface area contributed by atoms with Crippen molar-refractivity contribution in [2.24, 2.45) is 0 Å². The Bertz CT molecular complexity index is 751. The SMILES string of the molecule is Cc1occc1-c1nnc(S[C@@H](C)C(=O)NC(=O)NC2CCCC2)o1. The summed E-state index contributed by atoms with van der Waals surface area (Å²) in [6, 6.07) is 1.44. The molecule has 0 radical (unpaired) electrons. The minimum atomic E-state index is -0.548. The topological polar surface area (TPSA) is 110 Å². The van der Waals surface area contributed by atoms with Crippen molar-refractivity contribution in [2.75, 3.05) is 0 Å². The molecular formula is C16H20N4O4S. The van der Waals surface area contributed by atoms with E-state index < -0.39 is 17.2 Å². The molecule has 9 heteroatoms. The van der Waals surface area contributed by atoms with Crippen LogP contribution < -0.4 is 10.6 Å². The number of rotatable bonds is 5. The first-order valence-electron chi connectivity index (χ1n) is 8.19. The first-order valence-corrected chi connectivity index (χ1v) is 9.07. The van der Waals surface area contributed by atoms with Gasteiger partial charge >= 0.3 is 6.03 Å². The Kier molecular flexibility index (Phi) is 5.42. The quantitative estimate of drug-likeness (QED) is 0.785. The van der Waals surface area contributed by atoms with E-state index in [0.717, 1.165) is 37.4 Å². The number of nitrogens with zero attached hydrogens (tertiary/aromatic N) is 2. The van der Waals surface area contributed by atoms with Gasteiger partial charge in [-0.15, -0.1) is 10.2 Å². The molecule has 0 unspecified atom stereocenters. The lowest BCUT2D eigenvalue weighted by Gasteiger charge is -2.13. The lowest BCUT2D eigenvalue weighted by atomic mass is 10.2. The molecule has 1 saturated carbocycles. The van der Waals surface area contributed by atoms with Crippen molar-refractivity contribution in [1.82, 2.24) is 20.8 Å². The molecule has 2 N–H and O–H groups in total. The van der Waals surface area contributed by atoms with Crippen LogP contribution >= 0.6 is 11.8 Å². The number of amides is 3. The normalized spacial score (nSPS) is 15.9. The van der Waals surface area contributed by atoms with Gasteiger partial charge in [-0.1, -0.05) is 24.6 Å². The van der Waals surface area contributed by atoms with Crippen molar-refractivity contribution in [2.45, 2.75) is 56.0 Å². The van der Waals surface area contributed by atoms with Gasteiger partial charge in [0.2, 0.25) is 5.91 Å². The fourth-order valence-corrected chi connectivity index (χ4v) is 3.37. The third-order valence-corrected chi connectivity index (χ3v) is 5.00. The van der Waals surface area contributed by atoms with Crippen LogP contribution in [-0.4, -0.2) is 33.4 Å². The first-order chi connectivity index (χ1) is 12.0. The molecule has 1 fully saturated rings. The van der Waals surface area contributed by atoms with Crippen molar-refractivity contribution in [3.63, 3.8) is 0 Å². The van der Waals surface area contributed by atoms with Gasteiger partial charge in [0, 0.05) is 6.04 Å². The molecule has 8 nitrogen and oxygen atoms in total. The van der Waals surface area contributed by atoms with Gasteiger partial charge in [0.05, 0.1) is 17.1 Å². The smallest absolute Gasteiger partial charge is 0.321 e. The number of carbonyl (C=O) groups excluding carboxylic acids is 2. The second kappa shape index (κ2) is 7.73. The van der Waals surface area contributed by atoms with Gasteiger partial charge in [0.25, 0.3) is 11.1 Å². The summed E-state index contributed by atoms with van der Waals surface area (Å²) in [6.07, 6.45) is 5.69. The van der Waals surface area contributed by atoms with Gasteiger partial charge < -0.3 is 14.2 Å². The van der Waals surface area contributed by atoms with Crippen LogP contribution in [0.25, 0.3) is 11.5 Å². The summed E-state index contributed by atoms with van der Waals surface area (Å²) >= 11 is 1.10. The Morgan fingerprint density at radius 2 is 2.08 bits per heavy atom. The third kappa shape index (κ3) is 4.41. The summed E-state index contributed by atoms with van der Waals surface area (Å²) < 4.78 is 10.7. The number of imide groups is 1. The zero-order valence-electron chi connectivity index (χ0n) is 14.1. The standard InChI is InChI=1S/C16H20N4O4S/c1-9-12(7-8-23-9)14-19-20-16(24-14)25-10(2)13(21)18-15(22)17-11-5-3-4-6-11/h7-8,10-11H,3-6H2,1-2H3,(H2,17,18,21,22)/t10-/m0/s1. The van der Waals surface area contributed by atoms with Gasteiger partial charge in [0.1, 0.15) is 5.76 Å². The minimum absolute atomic E-state index is 0.160. The second-order valence-electron chi connectivity index (χ2n) is 5.97. The molecule has 0 aliphatic heterocycles. The molecule has 134 valence electrons. The molecule has 0 saturated heterocycles. The number of nitrogens with one attached hydrogen (secondary N) is 2. The number of urea groups is 1. The number of hydrogen-bond acceptors (Lipinski definition) is 7. The van der Waals surface area contributed by atoms with Crippen molar-refractivity contribution in [1.29, 1.82) is 0 Å². The number of hydrogen-bond donors (Lipinski definition) is 2. The highest BCUT2D eigenvalue weighted by Crippen LogP contribution is 2.28. The minimum Gasteiger partial charge on any atom is -0.469 e. The predicted molar refractivity (Wildman–Crippen MR) is 91.0 cm³/mol. The molecule has 1 aliphatic rings. The number of aromatic nitrogens is 2. The zero-order valence-corrected chi connectivity index (χ0v) is 14.9. The molecule has 2 aromatic rings. The van der Waals surface area contributed by atoms with E-state index in [-0.39, 0.29) is 11.3 Å². The van der Waals surface area contributed by atoms with E-state index in [2.05, 4.69) is 20.8 Å². The molecular weight excluding hydrogens is 344 g/mol. The summed E-state index contributed by atoms with van der Waals surface area (Å²) in [4.78, 5) is 24.0. The fraction of sp³-hybridized carbons (Fsp3) is 0.500. The molecule has 2 heterocycles. The van der Waals surface area contributed by atoms with Crippen LogP contribution in [0.2, 0.25) is 0 Å². The Morgan fingerprint density at radius 1 is 1.32 bits per heavy atom. The van der Waals surface area contributed by atoms with Crippen LogP contribution in [0.3, 0.4) is 0 Å². The van der Waals surface area contributed by atoms with E-state index in [4.69, 9.17) is 8.83 Å². The maximum atomic E-state index is 12.1. The molecule has 0 bridgehead atoms. The molecule has 1 aliphatic carbocycles. The van der Waals surface area contributed by atoms with Crippen molar-refractivity contribution in [3.05, 3.63) is 18.1 Å². The predicted octanol–water partition coefficient (Wildman–Crippen LogP) is 2.89. The summed E-state index contributed by atoms with van der Waals surface area (Å²) in [7, 11) is 0. The van der Waals surface area contributed by atoms with Gasteiger partial charge in [-0.25, -0.2) is 4.79 Å². The Labute approximate surface area is 149 Å². The number of carbonyl (C=O) groups is 2. The van der Waals surface area contributed by atoms with Gasteiger partial charge in [-0.3, -0.25) is 10.1 Å². The van der Waals surface area contributed by atoms with Gasteiger partial charge in [-0.05, 0) is 32.8 Å². The number of furan rings is 1. The third-order valence-electron chi connectivity index (χ3n) is 4.07. The fourth-order valence-electron chi connectivity index (χ4n) is 2.68. The summed E-state index contributed by atoms with van der Waals surface area (Å²) in [5.41, 5.74) is 0.715. The maximum absolute atomic E-state index is 12.1. The first kappa shape index (κ1) is 17.5. The molecule has 3 rings (SSSR count). The lowest BCUT2D eigenvalue weighted by Crippen LogP contribution is -2.45. The van der Waals surface area contributed by atoms with Crippen LogP contribution in [0, 0.1) is 6.92 Å². The average molecular weight is 364 g/mol. The summed E-state index contributed by atoms with van der Waals surface area (Å²) in [6.45, 7) is 3.47. The van der Waals surface area contributed by atoms with Crippen LogP contribution in [0.15, 0.2) is 26.4 Å². The van der Waals surface area contributed by atoms with Crippen LogP contribution in [-0.2, 0) is 4.79 Å². The van der Waals surface area contributed by atoms with Crippen molar-refractivity contribution >= 4 is 23.7 Å². The Morgan fingerprint density at radius 3 is 2.76 bits per heavy atom. The number of thioether (sulfide) groups is 1. The lowest BCUT2D eigenvalue weighted by molar-refractivity contribution is -0.119. The largest absolute Gasteiger partial charge is 0.469 e. The van der Waals surface area contributed by atoms with Crippen LogP contribution in [0.5, 0.6) is 0 Å². The van der Waals surface area contributed by atoms with E-state index in [1.54, 1.807) is 26.2 Å². The molecule has 25 heavy (non-hydrogen) atoms. The highest BCUT2D eigenvalue weighted by Gasteiger charge is 2.23. The average Bonchev–Trinajstić information content (AvgIpc) is 3.29. The van der Waals surface area contributed by atoms with Crippen molar-refractivity contribution in [3.8, 4) is 11.5 Å². The molecule has 1 atom stereocenters. The van der Waals surface area contributed by atoms with Gasteiger partial charge in [0.15, 0.2) is 0 Å². The summed E-state index contributed by atoms with van der Waals surface area (Å²) in [5, 5.41) is 12.8. The van der Waals surface area contributed by atoms with E-state index in [1.807, 2.05) is 0 Å². The highest BCUT2D eigenvalue weighted by molar-refractivity contribution is 8.00. The Hall–Kier alpha value is -2.29. The highest BCUT2D eigenvalue weighted by atomic mass is 32.2. The number of aryl methyl sites for hydroxylation is 1. The zero-order chi connectivity index (χ0) is 17.8. The second-order valence-corrected chi connectivity index (χ2v) is 7.26. The van der Waals surface area contributed by atoms with Crippen LogP contribution in [0.1, 0.15) is 38.4 Å². The van der Waals surface area contributed by atoms with Crippen LogP contribution in [0.4, 0.5) is 4.79 Å². The van der Waals surface area contributed by atoms with E-state index >= 15 is 0 Å². The molecule has 3 amide bonds. The molecule has 2 aromatic heterocycles. The van der Waals surface area contributed by atoms with Crippen molar-refractivity contribution < 1.29 is 18.4 Å². The van der Waals surface area contributed by atoms with Gasteiger partial charge in [-0.2, -0.15) is 0 Å². The molecule has 0 aromatic carbocycles. The van der Waals surface area contributed by atoms with E-state index in [9.17, 15) is 9.59 Å². The van der Waals surface area contributed by atoms with E-state index in [0.29, 0.717) is 17.2 Å². The molecule has 0 spiro atoms. The maximum Gasteiger partial charge on any atom is 0.321 e. The Balaban J connectivity index is 1.52. The summed E-state index contributed by atoms with van der Waals surface area (Å²) in [5.74, 6) is 0.606.